The van der Waals surface area contributed by atoms with Gasteiger partial charge in [0.2, 0.25) is 5.91 Å². The molecule has 1 aliphatic heterocycles. The van der Waals surface area contributed by atoms with E-state index in [1.165, 1.54) is 23.9 Å². The number of anilines is 1. The minimum absolute atomic E-state index is 0.00344. The van der Waals surface area contributed by atoms with Crippen molar-refractivity contribution < 1.29 is 9.72 Å². The molecule has 0 aliphatic carbocycles. The molecule has 3 rings (SSSR count). The Morgan fingerprint density at radius 2 is 1.96 bits per heavy atom. The van der Waals surface area contributed by atoms with E-state index >= 15 is 0 Å². The quantitative estimate of drug-likeness (QED) is 0.611. The molecule has 1 heterocycles. The van der Waals surface area contributed by atoms with E-state index in [2.05, 4.69) is 0 Å². The van der Waals surface area contributed by atoms with E-state index in [1.54, 1.807) is 23.1 Å². The minimum atomic E-state index is -0.435. The Morgan fingerprint density at radius 1 is 1.26 bits per heavy atom. The topological polar surface area (TPSA) is 63.5 Å². The molecule has 0 radical (unpaired) electrons. The van der Waals surface area contributed by atoms with E-state index in [1.807, 2.05) is 19.1 Å². The van der Waals surface area contributed by atoms with Crippen LogP contribution in [-0.4, -0.2) is 16.6 Å². The molecule has 1 unspecified atom stereocenters. The lowest BCUT2D eigenvalue weighted by atomic mass is 10.1. The van der Waals surface area contributed by atoms with E-state index in [4.69, 9.17) is 11.6 Å². The Balaban J connectivity index is 2.00. The van der Waals surface area contributed by atoms with Crippen LogP contribution in [0.15, 0.2) is 42.5 Å². The Kier molecular flexibility index (Phi) is 4.28. The number of hydrogen-bond donors (Lipinski definition) is 0. The summed E-state index contributed by atoms with van der Waals surface area (Å²) in [7, 11) is 0. The molecule has 1 fully saturated rings. The van der Waals surface area contributed by atoms with E-state index in [0.717, 1.165) is 16.8 Å². The average molecular weight is 349 g/mol. The average Bonchev–Trinajstić information content (AvgIpc) is 2.92. The highest BCUT2D eigenvalue weighted by Crippen LogP contribution is 2.43. The zero-order chi connectivity index (χ0) is 16.6. The van der Waals surface area contributed by atoms with Gasteiger partial charge in [0.1, 0.15) is 5.37 Å². The number of hydrogen-bond acceptors (Lipinski definition) is 4. The number of halogens is 1. The summed E-state index contributed by atoms with van der Waals surface area (Å²) in [5, 5.41) is 11.2. The number of non-ortho nitro benzene ring substituents is 1. The molecule has 5 nitrogen and oxygen atoms in total. The Morgan fingerprint density at radius 3 is 2.61 bits per heavy atom. The summed E-state index contributed by atoms with van der Waals surface area (Å²) in [4.78, 5) is 24.4. The molecule has 1 amide bonds. The third kappa shape index (κ3) is 2.92. The van der Waals surface area contributed by atoms with Crippen molar-refractivity contribution in [1.82, 2.24) is 0 Å². The van der Waals surface area contributed by atoms with Crippen LogP contribution in [-0.2, 0) is 4.79 Å². The number of amides is 1. The third-order valence-corrected chi connectivity index (χ3v) is 5.38. The number of benzene rings is 2. The zero-order valence-electron chi connectivity index (χ0n) is 12.2. The second-order valence-electron chi connectivity index (χ2n) is 5.16. The minimum Gasteiger partial charge on any atom is -0.295 e. The molecule has 0 spiro atoms. The van der Waals surface area contributed by atoms with Gasteiger partial charge in [-0.15, -0.1) is 11.8 Å². The first kappa shape index (κ1) is 15.8. The Bertz CT molecular complexity index is 779. The molecule has 23 heavy (non-hydrogen) atoms. The maximum absolute atomic E-state index is 12.4. The van der Waals surface area contributed by atoms with Gasteiger partial charge in [0.05, 0.1) is 10.7 Å². The summed E-state index contributed by atoms with van der Waals surface area (Å²) in [6, 6.07) is 11.8. The number of carbonyl (C=O) groups is 1. The van der Waals surface area contributed by atoms with Crippen molar-refractivity contribution in [2.75, 3.05) is 10.7 Å². The van der Waals surface area contributed by atoms with Gasteiger partial charge in [0.25, 0.3) is 5.69 Å². The van der Waals surface area contributed by atoms with E-state index < -0.39 is 4.92 Å². The molecule has 7 heteroatoms. The lowest BCUT2D eigenvalue weighted by molar-refractivity contribution is -0.384. The summed E-state index contributed by atoms with van der Waals surface area (Å²) in [6.45, 7) is 1.88. The van der Waals surface area contributed by atoms with E-state index in [0.29, 0.717) is 10.8 Å². The van der Waals surface area contributed by atoms with Gasteiger partial charge in [-0.25, -0.2) is 0 Å². The van der Waals surface area contributed by atoms with Gasteiger partial charge in [-0.1, -0.05) is 17.7 Å². The van der Waals surface area contributed by atoms with Gasteiger partial charge in [-0.2, -0.15) is 0 Å². The van der Waals surface area contributed by atoms with Crippen LogP contribution in [0.1, 0.15) is 16.5 Å². The molecular weight excluding hydrogens is 336 g/mol. The predicted molar refractivity (Wildman–Crippen MR) is 92.0 cm³/mol. The number of carbonyl (C=O) groups excluding carboxylic acids is 1. The monoisotopic (exact) mass is 348 g/mol. The fourth-order valence-electron chi connectivity index (χ4n) is 2.55. The molecular formula is C16H13ClN2O3S. The van der Waals surface area contributed by atoms with Gasteiger partial charge < -0.3 is 0 Å². The van der Waals surface area contributed by atoms with Crippen LogP contribution in [0.2, 0.25) is 5.02 Å². The highest BCUT2D eigenvalue weighted by molar-refractivity contribution is 8.00. The van der Waals surface area contributed by atoms with Crippen molar-refractivity contribution in [3.05, 3.63) is 68.7 Å². The number of nitrogens with zero attached hydrogens (tertiary/aromatic N) is 2. The normalized spacial score (nSPS) is 17.6. The van der Waals surface area contributed by atoms with Crippen LogP contribution < -0.4 is 4.90 Å². The van der Waals surface area contributed by atoms with Gasteiger partial charge in [-0.05, 0) is 42.3 Å². The van der Waals surface area contributed by atoms with Crippen LogP contribution in [0, 0.1) is 17.0 Å². The SMILES string of the molecule is Cc1c(Cl)cccc1N1C(=O)CSC1c1ccc([N+](=O)[O-])cc1. The molecule has 2 aromatic carbocycles. The Hall–Kier alpha value is -2.05. The number of nitro groups is 1. The molecule has 1 aliphatic rings. The third-order valence-electron chi connectivity index (χ3n) is 3.76. The van der Waals surface area contributed by atoms with Crippen molar-refractivity contribution in [3.8, 4) is 0 Å². The van der Waals surface area contributed by atoms with Crippen molar-refractivity contribution in [2.24, 2.45) is 0 Å². The van der Waals surface area contributed by atoms with Crippen LogP contribution in [0.3, 0.4) is 0 Å². The Labute approximate surface area is 142 Å². The first-order valence-electron chi connectivity index (χ1n) is 6.92. The van der Waals surface area contributed by atoms with E-state index in [9.17, 15) is 14.9 Å². The molecule has 0 N–H and O–H groups in total. The van der Waals surface area contributed by atoms with Crippen molar-refractivity contribution in [3.63, 3.8) is 0 Å². The molecule has 1 saturated heterocycles. The van der Waals surface area contributed by atoms with Gasteiger partial charge in [-0.3, -0.25) is 19.8 Å². The van der Waals surface area contributed by atoms with Crippen LogP contribution in [0.5, 0.6) is 0 Å². The highest BCUT2D eigenvalue weighted by Gasteiger charge is 2.35. The second-order valence-corrected chi connectivity index (χ2v) is 6.64. The van der Waals surface area contributed by atoms with Crippen LogP contribution >= 0.6 is 23.4 Å². The first-order valence-corrected chi connectivity index (χ1v) is 8.35. The van der Waals surface area contributed by atoms with Crippen LogP contribution in [0.4, 0.5) is 11.4 Å². The second kappa shape index (κ2) is 6.22. The molecule has 0 bridgehead atoms. The van der Waals surface area contributed by atoms with E-state index in [-0.39, 0.29) is 17.0 Å². The summed E-state index contributed by atoms with van der Waals surface area (Å²) >= 11 is 7.67. The summed E-state index contributed by atoms with van der Waals surface area (Å²) in [6.07, 6.45) is 0. The molecule has 0 saturated carbocycles. The maximum Gasteiger partial charge on any atom is 0.269 e. The largest absolute Gasteiger partial charge is 0.295 e. The van der Waals surface area contributed by atoms with Gasteiger partial charge in [0.15, 0.2) is 0 Å². The van der Waals surface area contributed by atoms with Crippen molar-refractivity contribution in [1.29, 1.82) is 0 Å². The molecule has 0 aromatic heterocycles. The first-order chi connectivity index (χ1) is 11.0. The molecule has 2 aromatic rings. The number of nitro benzene ring substituents is 1. The number of rotatable bonds is 3. The standard InChI is InChI=1S/C16H13ClN2O3S/c1-10-13(17)3-2-4-14(10)18-15(20)9-23-16(18)11-5-7-12(8-6-11)19(21)22/h2-8,16H,9H2,1H3. The van der Waals surface area contributed by atoms with Gasteiger partial charge in [0, 0.05) is 22.8 Å². The van der Waals surface area contributed by atoms with Crippen molar-refractivity contribution in [2.45, 2.75) is 12.3 Å². The lowest BCUT2D eigenvalue weighted by Gasteiger charge is -2.26. The molecule has 1 atom stereocenters. The fraction of sp³-hybridized carbons (Fsp3) is 0.188. The summed E-state index contributed by atoms with van der Waals surface area (Å²) in [5.41, 5.74) is 2.51. The lowest BCUT2D eigenvalue weighted by Crippen LogP contribution is -2.28. The smallest absolute Gasteiger partial charge is 0.269 e. The summed E-state index contributed by atoms with van der Waals surface area (Å²) < 4.78 is 0. The summed E-state index contributed by atoms with van der Waals surface area (Å²) in [5.74, 6) is 0.372. The van der Waals surface area contributed by atoms with Gasteiger partial charge >= 0.3 is 0 Å². The zero-order valence-corrected chi connectivity index (χ0v) is 13.8. The molecule has 118 valence electrons. The number of thioether (sulfide) groups is 1. The van der Waals surface area contributed by atoms with Crippen molar-refractivity contribution >= 4 is 40.6 Å². The predicted octanol–water partition coefficient (Wildman–Crippen LogP) is 4.34. The van der Waals surface area contributed by atoms with Crippen LogP contribution in [0.25, 0.3) is 0 Å². The fourth-order valence-corrected chi connectivity index (χ4v) is 3.89. The highest BCUT2D eigenvalue weighted by atomic mass is 35.5. The maximum atomic E-state index is 12.4.